The summed E-state index contributed by atoms with van der Waals surface area (Å²) in [4.78, 5) is 1.15. The third-order valence-corrected chi connectivity index (χ3v) is 8.62. The topological polar surface area (TPSA) is 78.6 Å². The maximum Gasteiger partial charge on any atom is 0.238 e. The van der Waals surface area contributed by atoms with Crippen LogP contribution in [0.5, 0.6) is 0 Å². The highest BCUT2D eigenvalue weighted by Gasteiger charge is 2.32. The molecule has 2 N–H and O–H groups in total. The van der Waals surface area contributed by atoms with Gasteiger partial charge in [0.2, 0.25) is 10.0 Å². The van der Waals surface area contributed by atoms with E-state index in [0.717, 1.165) is 36.3 Å². The van der Waals surface area contributed by atoms with E-state index in [-0.39, 0.29) is 22.3 Å². The van der Waals surface area contributed by atoms with Gasteiger partial charge < -0.3 is 9.16 Å². The van der Waals surface area contributed by atoms with Gasteiger partial charge in [-0.15, -0.1) is 11.3 Å². The van der Waals surface area contributed by atoms with Crippen molar-refractivity contribution in [3.8, 4) is 0 Å². The lowest BCUT2D eigenvalue weighted by Gasteiger charge is -2.32. The van der Waals surface area contributed by atoms with Gasteiger partial charge in [0, 0.05) is 22.8 Å². The van der Waals surface area contributed by atoms with Gasteiger partial charge in [0.25, 0.3) is 0 Å². The van der Waals surface area contributed by atoms with Crippen LogP contribution in [0.1, 0.15) is 67.5 Å². The van der Waals surface area contributed by atoms with Crippen molar-refractivity contribution in [2.45, 2.75) is 82.1 Å². The molecule has 5 nitrogen and oxygen atoms in total. The van der Waals surface area contributed by atoms with Crippen molar-refractivity contribution in [3.63, 3.8) is 0 Å². The molecule has 0 bridgehead atoms. The van der Waals surface area contributed by atoms with Gasteiger partial charge in [0.1, 0.15) is 0 Å². The molecule has 1 aromatic carbocycles. The van der Waals surface area contributed by atoms with Crippen molar-refractivity contribution in [1.82, 2.24) is 0 Å². The average molecular weight is 482 g/mol. The van der Waals surface area contributed by atoms with E-state index in [9.17, 15) is 8.42 Å². The summed E-state index contributed by atoms with van der Waals surface area (Å²) in [6.45, 7) is 12.3. The fourth-order valence-electron chi connectivity index (χ4n) is 3.97. The summed E-state index contributed by atoms with van der Waals surface area (Å²) in [7, 11) is -4.94. The van der Waals surface area contributed by atoms with Gasteiger partial charge in [0.05, 0.1) is 17.6 Å². The Morgan fingerprint density at radius 1 is 1.26 bits per heavy atom. The van der Waals surface area contributed by atoms with E-state index in [1.54, 1.807) is 11.4 Å². The number of nitrogens with two attached hydrogens (primary N) is 1. The highest BCUT2D eigenvalue weighted by Crippen LogP contribution is 2.40. The first-order chi connectivity index (χ1) is 14.5. The monoisotopic (exact) mass is 481 g/mol. The molecular formula is C23H35NO4S2Si. The van der Waals surface area contributed by atoms with E-state index in [1.165, 1.54) is 22.5 Å². The zero-order valence-electron chi connectivity index (χ0n) is 19.2. The van der Waals surface area contributed by atoms with Crippen LogP contribution < -0.4 is 5.14 Å². The third-order valence-electron chi connectivity index (χ3n) is 5.73. The molecule has 1 fully saturated rings. The molecule has 1 aromatic heterocycles. The summed E-state index contributed by atoms with van der Waals surface area (Å²) < 4.78 is 36.2. The molecule has 3 rings (SSSR count). The molecule has 0 spiro atoms. The number of ether oxygens (including phenoxy) is 1. The van der Waals surface area contributed by atoms with E-state index in [2.05, 4.69) is 52.1 Å². The first kappa shape index (κ1) is 24.6. The number of benzene rings is 1. The standard InChI is InChI=1S/C23H35NO4S2Si/c1-23(2,3)17-9-10-19(16(12-17)14-28-31(4)5)22(20-8-6-7-11-27-20)21-13-18(15-29-21)30(24,25)26/h9-10,12-13,15,20,22,31H,6-8,11,14H2,1-5H3,(H2,24,25,26). The maximum atomic E-state index is 11.9. The fraction of sp³-hybridized carbons (Fsp3) is 0.565. The smallest absolute Gasteiger partial charge is 0.238 e. The molecule has 2 aromatic rings. The molecule has 2 unspecified atom stereocenters. The third kappa shape index (κ3) is 6.27. The van der Waals surface area contributed by atoms with Crippen molar-refractivity contribution >= 4 is 30.4 Å². The van der Waals surface area contributed by atoms with Crippen LogP contribution in [0.15, 0.2) is 34.5 Å². The first-order valence-corrected chi connectivity index (χ1v) is 16.1. The average Bonchev–Trinajstić information content (AvgIpc) is 3.17. The van der Waals surface area contributed by atoms with Crippen molar-refractivity contribution < 1.29 is 17.6 Å². The van der Waals surface area contributed by atoms with E-state index in [1.807, 2.05) is 0 Å². The summed E-state index contributed by atoms with van der Waals surface area (Å²) in [6, 6.07) is 8.37. The number of thiophene rings is 1. The summed E-state index contributed by atoms with van der Waals surface area (Å²) >= 11 is 1.44. The second-order valence-electron chi connectivity index (χ2n) is 9.64. The Balaban J connectivity index is 2.11. The van der Waals surface area contributed by atoms with Crippen LogP contribution in [0.2, 0.25) is 13.1 Å². The molecule has 0 aliphatic carbocycles. The van der Waals surface area contributed by atoms with Gasteiger partial charge in [-0.3, -0.25) is 0 Å². The van der Waals surface area contributed by atoms with Gasteiger partial charge in [0.15, 0.2) is 9.04 Å². The van der Waals surface area contributed by atoms with Crippen molar-refractivity contribution in [3.05, 3.63) is 51.2 Å². The SMILES string of the molecule is C[SiH](C)OCc1cc(C(C)(C)C)ccc1C(c1cc(S(N)(=O)=O)cs1)C1CCCCO1. The lowest BCUT2D eigenvalue weighted by Crippen LogP contribution is -2.28. The Morgan fingerprint density at radius 3 is 2.55 bits per heavy atom. The van der Waals surface area contributed by atoms with E-state index >= 15 is 0 Å². The van der Waals surface area contributed by atoms with E-state index in [4.69, 9.17) is 14.3 Å². The highest BCUT2D eigenvalue weighted by molar-refractivity contribution is 7.89. The van der Waals surface area contributed by atoms with E-state index < -0.39 is 19.1 Å². The molecular weight excluding hydrogens is 446 g/mol. The molecule has 0 amide bonds. The molecule has 0 saturated carbocycles. The Hall–Kier alpha value is -1.03. The van der Waals surface area contributed by atoms with Gasteiger partial charge in [-0.2, -0.15) is 0 Å². The summed E-state index contributed by atoms with van der Waals surface area (Å²) in [5.41, 5.74) is 3.62. The molecule has 2 heterocycles. The normalized spacial score (nSPS) is 19.0. The van der Waals surface area contributed by atoms with E-state index in [0.29, 0.717) is 6.61 Å². The van der Waals surface area contributed by atoms with Crippen LogP contribution in [0.3, 0.4) is 0 Å². The van der Waals surface area contributed by atoms with Crippen LogP contribution in [0, 0.1) is 0 Å². The predicted octanol–water partition coefficient (Wildman–Crippen LogP) is 4.89. The van der Waals surface area contributed by atoms with Gasteiger partial charge in [-0.1, -0.05) is 39.0 Å². The zero-order chi connectivity index (χ0) is 22.8. The lowest BCUT2D eigenvalue weighted by molar-refractivity contribution is 0.00667. The first-order valence-electron chi connectivity index (χ1n) is 10.9. The maximum absolute atomic E-state index is 11.9. The number of primary sulfonamides is 1. The molecule has 1 aliphatic heterocycles. The van der Waals surface area contributed by atoms with Crippen molar-refractivity contribution in [2.75, 3.05) is 6.61 Å². The molecule has 1 aliphatic rings. The van der Waals surface area contributed by atoms with Crippen LogP contribution >= 0.6 is 11.3 Å². The minimum atomic E-state index is -3.74. The minimum absolute atomic E-state index is 0.0104. The van der Waals surface area contributed by atoms with Crippen LogP contribution in [0.4, 0.5) is 0 Å². The predicted molar refractivity (Wildman–Crippen MR) is 130 cm³/mol. The number of sulfonamides is 1. The molecule has 2 atom stereocenters. The second kappa shape index (κ2) is 9.85. The second-order valence-corrected chi connectivity index (χ2v) is 14.6. The Bertz CT molecular complexity index is 989. The van der Waals surface area contributed by atoms with Crippen molar-refractivity contribution in [2.24, 2.45) is 5.14 Å². The molecule has 31 heavy (non-hydrogen) atoms. The number of hydrogen-bond acceptors (Lipinski definition) is 5. The summed E-state index contributed by atoms with van der Waals surface area (Å²) in [5, 5.41) is 7.04. The molecule has 172 valence electrons. The number of hydrogen-bond donors (Lipinski definition) is 1. The largest absolute Gasteiger partial charge is 0.416 e. The van der Waals surface area contributed by atoms with Crippen LogP contribution in [-0.2, 0) is 31.2 Å². The summed E-state index contributed by atoms with van der Waals surface area (Å²) in [6.07, 6.45) is 3.14. The minimum Gasteiger partial charge on any atom is -0.416 e. The Morgan fingerprint density at radius 2 is 2.00 bits per heavy atom. The van der Waals surface area contributed by atoms with Gasteiger partial charge in [-0.05, 0) is 60.5 Å². The lowest BCUT2D eigenvalue weighted by atomic mass is 9.81. The van der Waals surface area contributed by atoms with Gasteiger partial charge >= 0.3 is 0 Å². The number of rotatable bonds is 7. The quantitative estimate of drug-likeness (QED) is 0.571. The van der Waals surface area contributed by atoms with Crippen LogP contribution in [-0.4, -0.2) is 30.2 Å². The molecule has 0 radical (unpaired) electrons. The molecule has 1 saturated heterocycles. The van der Waals surface area contributed by atoms with Crippen LogP contribution in [0.25, 0.3) is 0 Å². The fourth-order valence-corrected chi connectivity index (χ4v) is 6.47. The zero-order valence-corrected chi connectivity index (χ0v) is 22.0. The van der Waals surface area contributed by atoms with Gasteiger partial charge in [-0.25, -0.2) is 13.6 Å². The Labute approximate surface area is 192 Å². The van der Waals surface area contributed by atoms with Crippen molar-refractivity contribution in [1.29, 1.82) is 0 Å². The molecule has 8 heteroatoms. The summed E-state index contributed by atoms with van der Waals surface area (Å²) in [5.74, 6) is -0.0396. The Kier molecular flexibility index (Phi) is 7.82. The highest BCUT2D eigenvalue weighted by atomic mass is 32.2.